The predicted molar refractivity (Wildman–Crippen MR) is 108 cm³/mol. The summed E-state index contributed by atoms with van der Waals surface area (Å²) in [5.41, 5.74) is 1.95. The maximum Gasteiger partial charge on any atom is 0.339 e. The molecule has 2 aromatic rings. The van der Waals surface area contributed by atoms with Gasteiger partial charge in [0.2, 0.25) is 0 Å². The topological polar surface area (TPSA) is 91.1 Å². The highest BCUT2D eigenvalue weighted by atomic mass is 16.5. The zero-order valence-electron chi connectivity index (χ0n) is 18.0. The van der Waals surface area contributed by atoms with Gasteiger partial charge in [-0.15, -0.1) is 0 Å². The lowest BCUT2D eigenvalue weighted by atomic mass is 10.2. The maximum absolute atomic E-state index is 12.7. The Morgan fingerprint density at radius 3 is 2.57 bits per heavy atom. The monoisotopic (exact) mass is 416 g/mol. The van der Waals surface area contributed by atoms with Gasteiger partial charge in [0, 0.05) is 13.1 Å². The van der Waals surface area contributed by atoms with E-state index in [9.17, 15) is 9.59 Å². The van der Waals surface area contributed by atoms with E-state index in [1.807, 2.05) is 27.7 Å². The molecule has 1 saturated heterocycles. The number of ether oxygens (including phenoxy) is 3. The minimum absolute atomic E-state index is 0.0490. The molecule has 1 aliphatic heterocycles. The molecule has 1 aromatic carbocycles. The normalized spacial score (nSPS) is 20.0. The van der Waals surface area contributed by atoms with E-state index >= 15 is 0 Å². The fraction of sp³-hybridized carbons (Fsp3) is 0.500. The van der Waals surface area contributed by atoms with E-state index in [4.69, 9.17) is 18.7 Å². The molecule has 1 fully saturated rings. The van der Waals surface area contributed by atoms with Crippen LogP contribution < -0.4 is 4.74 Å². The van der Waals surface area contributed by atoms with Crippen LogP contribution in [0.2, 0.25) is 0 Å². The van der Waals surface area contributed by atoms with Crippen molar-refractivity contribution < 1.29 is 28.3 Å². The number of carbonyl (C=O) groups excluding carboxylic acids is 2. The number of amides is 1. The number of aromatic nitrogens is 1. The molecule has 0 bridgehead atoms. The van der Waals surface area contributed by atoms with Crippen molar-refractivity contribution in [3.8, 4) is 5.75 Å². The molecule has 0 aliphatic carbocycles. The molecule has 3 rings (SSSR count). The van der Waals surface area contributed by atoms with Crippen LogP contribution in [0.3, 0.4) is 0 Å². The molecular formula is C22H28N2O6. The number of esters is 1. The number of hydrogen-bond donors (Lipinski definition) is 0. The Morgan fingerprint density at radius 2 is 1.93 bits per heavy atom. The third kappa shape index (κ3) is 5.18. The minimum atomic E-state index is -0.887. The summed E-state index contributed by atoms with van der Waals surface area (Å²) < 4.78 is 22.0. The van der Waals surface area contributed by atoms with Gasteiger partial charge in [-0.2, -0.15) is 0 Å². The number of nitrogens with zero attached hydrogens (tertiary/aromatic N) is 2. The number of aryl methyl sites for hydroxylation is 2. The van der Waals surface area contributed by atoms with Gasteiger partial charge in [0.15, 0.2) is 6.10 Å². The number of carbonyl (C=O) groups is 2. The average Bonchev–Trinajstić information content (AvgIpc) is 3.02. The van der Waals surface area contributed by atoms with Crippen LogP contribution in [0.5, 0.6) is 5.75 Å². The van der Waals surface area contributed by atoms with Crippen molar-refractivity contribution in [2.24, 2.45) is 0 Å². The number of benzene rings is 1. The van der Waals surface area contributed by atoms with Crippen molar-refractivity contribution >= 4 is 11.9 Å². The van der Waals surface area contributed by atoms with Crippen LogP contribution in [0.1, 0.15) is 48.1 Å². The van der Waals surface area contributed by atoms with Gasteiger partial charge >= 0.3 is 5.97 Å². The van der Waals surface area contributed by atoms with Crippen LogP contribution in [0.25, 0.3) is 0 Å². The summed E-state index contributed by atoms with van der Waals surface area (Å²) in [5.74, 6) is 0.408. The van der Waals surface area contributed by atoms with E-state index in [0.717, 1.165) is 11.3 Å². The van der Waals surface area contributed by atoms with E-state index in [2.05, 4.69) is 5.16 Å². The lowest BCUT2D eigenvalue weighted by Gasteiger charge is -2.36. The second-order valence-electron chi connectivity index (χ2n) is 7.67. The Morgan fingerprint density at radius 1 is 1.23 bits per heavy atom. The van der Waals surface area contributed by atoms with E-state index in [1.54, 1.807) is 36.1 Å². The van der Waals surface area contributed by atoms with Gasteiger partial charge in [0.05, 0.1) is 29.0 Å². The van der Waals surface area contributed by atoms with Gasteiger partial charge < -0.3 is 23.6 Å². The Labute approximate surface area is 176 Å². The summed E-state index contributed by atoms with van der Waals surface area (Å²) in [5, 5.41) is 3.90. The van der Waals surface area contributed by atoms with Gasteiger partial charge in [0.25, 0.3) is 5.91 Å². The molecule has 8 nitrogen and oxygen atoms in total. The minimum Gasteiger partial charge on any atom is -0.489 e. The Balaban J connectivity index is 1.60. The third-order valence-electron chi connectivity index (χ3n) is 5.00. The first kappa shape index (κ1) is 21.8. The molecule has 1 aromatic heterocycles. The highest BCUT2D eigenvalue weighted by Crippen LogP contribution is 2.20. The molecule has 30 heavy (non-hydrogen) atoms. The van der Waals surface area contributed by atoms with E-state index < -0.39 is 12.1 Å². The summed E-state index contributed by atoms with van der Waals surface area (Å²) in [4.78, 5) is 26.9. The first-order valence-electron chi connectivity index (χ1n) is 10.0. The first-order valence-corrected chi connectivity index (χ1v) is 10.0. The van der Waals surface area contributed by atoms with Gasteiger partial charge in [-0.05, 0) is 52.8 Å². The van der Waals surface area contributed by atoms with Crippen LogP contribution in [0, 0.1) is 13.8 Å². The summed E-state index contributed by atoms with van der Waals surface area (Å²) in [6.45, 7) is 10.3. The summed E-state index contributed by atoms with van der Waals surface area (Å²) >= 11 is 0. The van der Waals surface area contributed by atoms with E-state index in [-0.39, 0.29) is 24.7 Å². The lowest BCUT2D eigenvalue weighted by Crippen LogP contribution is -2.51. The summed E-state index contributed by atoms with van der Waals surface area (Å²) in [6.07, 6.45) is -0.985. The van der Waals surface area contributed by atoms with Crippen molar-refractivity contribution in [1.29, 1.82) is 0 Å². The molecule has 0 saturated carbocycles. The Hall–Kier alpha value is -2.87. The number of rotatable bonds is 6. The molecule has 2 heterocycles. The fourth-order valence-corrected chi connectivity index (χ4v) is 3.47. The fourth-order valence-electron chi connectivity index (χ4n) is 3.47. The highest BCUT2D eigenvalue weighted by Gasteiger charge is 2.30. The molecule has 1 amide bonds. The summed E-state index contributed by atoms with van der Waals surface area (Å²) in [6, 6.07) is 6.68. The smallest absolute Gasteiger partial charge is 0.339 e. The second kappa shape index (κ2) is 9.30. The molecular weight excluding hydrogens is 388 g/mol. The zero-order chi connectivity index (χ0) is 21.8. The van der Waals surface area contributed by atoms with Crippen LogP contribution in [0.15, 0.2) is 28.8 Å². The van der Waals surface area contributed by atoms with Gasteiger partial charge in [-0.3, -0.25) is 4.79 Å². The number of hydrogen-bond acceptors (Lipinski definition) is 7. The van der Waals surface area contributed by atoms with Crippen LogP contribution in [-0.4, -0.2) is 53.3 Å². The van der Waals surface area contributed by atoms with E-state index in [0.29, 0.717) is 30.2 Å². The second-order valence-corrected chi connectivity index (χ2v) is 7.67. The number of morpholine rings is 1. The highest BCUT2D eigenvalue weighted by molar-refractivity contribution is 5.92. The van der Waals surface area contributed by atoms with Crippen molar-refractivity contribution in [3.63, 3.8) is 0 Å². The van der Waals surface area contributed by atoms with Gasteiger partial charge in [-0.25, -0.2) is 4.79 Å². The first-order chi connectivity index (χ1) is 14.2. The molecule has 3 unspecified atom stereocenters. The molecule has 0 spiro atoms. The largest absolute Gasteiger partial charge is 0.489 e. The quantitative estimate of drug-likeness (QED) is 0.669. The Kier molecular flexibility index (Phi) is 6.77. The maximum atomic E-state index is 12.7. The van der Waals surface area contributed by atoms with Gasteiger partial charge in [-0.1, -0.05) is 11.2 Å². The van der Waals surface area contributed by atoms with Crippen molar-refractivity contribution in [3.05, 3.63) is 46.8 Å². The molecule has 0 N–H and O–H groups in total. The standard InChI is InChI=1S/C22H28N2O6/c1-13-10-24(11-14(2)28-13)21(25)17(5)29-22(26)18-7-6-8-19(9-18)27-12-20-15(3)23-30-16(20)4/h6-9,13-14,17H,10-12H2,1-5H3. The van der Waals surface area contributed by atoms with Crippen molar-refractivity contribution in [1.82, 2.24) is 10.1 Å². The van der Waals surface area contributed by atoms with Gasteiger partial charge in [0.1, 0.15) is 18.1 Å². The molecule has 0 radical (unpaired) electrons. The van der Waals surface area contributed by atoms with Crippen molar-refractivity contribution in [2.45, 2.75) is 59.5 Å². The van der Waals surface area contributed by atoms with Crippen molar-refractivity contribution in [2.75, 3.05) is 13.1 Å². The molecule has 1 aliphatic rings. The molecule has 3 atom stereocenters. The zero-order valence-corrected chi connectivity index (χ0v) is 18.0. The molecule has 8 heteroatoms. The lowest BCUT2D eigenvalue weighted by molar-refractivity contribution is -0.151. The summed E-state index contributed by atoms with van der Waals surface area (Å²) in [7, 11) is 0. The SMILES string of the molecule is Cc1noc(C)c1COc1cccc(C(=O)OC(C)C(=O)N2CC(C)OC(C)C2)c1. The van der Waals surface area contributed by atoms with Crippen LogP contribution >= 0.6 is 0 Å². The molecule has 162 valence electrons. The van der Waals surface area contributed by atoms with Crippen LogP contribution in [-0.2, 0) is 20.9 Å². The predicted octanol–water partition coefficient (Wildman–Crippen LogP) is 3.05. The third-order valence-corrected chi connectivity index (χ3v) is 5.00. The van der Waals surface area contributed by atoms with Crippen LogP contribution in [0.4, 0.5) is 0 Å². The Bertz CT molecular complexity index is 879. The average molecular weight is 416 g/mol. The van der Waals surface area contributed by atoms with E-state index in [1.165, 1.54) is 0 Å².